The number of urea groups is 1. The van der Waals surface area contributed by atoms with Crippen LogP contribution in [-0.2, 0) is 21.5 Å². The minimum Gasteiger partial charge on any atom is -0.490 e. The molecule has 0 unspecified atom stereocenters. The van der Waals surface area contributed by atoms with Crippen LogP contribution in [0.25, 0.3) is 0 Å². The van der Waals surface area contributed by atoms with Crippen molar-refractivity contribution < 1.29 is 23.9 Å². The first kappa shape index (κ1) is 21.6. The third-order valence-electron chi connectivity index (χ3n) is 6.31. The van der Waals surface area contributed by atoms with Crippen LogP contribution in [0.15, 0.2) is 36.4 Å². The smallest absolute Gasteiger partial charge is 0.325 e. The molecular formula is C24H24ClN3O5. The van der Waals surface area contributed by atoms with Gasteiger partial charge in [-0.15, -0.1) is 0 Å². The summed E-state index contributed by atoms with van der Waals surface area (Å²) in [5.41, 5.74) is 1.06. The van der Waals surface area contributed by atoms with E-state index in [1.807, 2.05) is 24.3 Å². The van der Waals surface area contributed by atoms with Crippen molar-refractivity contribution in [3.8, 4) is 11.5 Å². The summed E-state index contributed by atoms with van der Waals surface area (Å²) < 4.78 is 11.2. The largest absolute Gasteiger partial charge is 0.490 e. The van der Waals surface area contributed by atoms with Gasteiger partial charge in [-0.3, -0.25) is 14.5 Å². The SMILES string of the molecule is O=C(CN1C(=O)N[C@@]2(CCCCc3ccccc32)C1=O)Nc1cc2c(cc1Cl)OCCCO2. The average molecular weight is 470 g/mol. The van der Waals surface area contributed by atoms with Crippen molar-refractivity contribution in [3.05, 3.63) is 52.5 Å². The molecule has 5 rings (SSSR count). The Balaban J connectivity index is 1.35. The van der Waals surface area contributed by atoms with Gasteiger partial charge in [0.2, 0.25) is 5.91 Å². The molecule has 2 N–H and O–H groups in total. The van der Waals surface area contributed by atoms with Crippen molar-refractivity contribution in [2.75, 3.05) is 25.1 Å². The van der Waals surface area contributed by atoms with Gasteiger partial charge in [0.05, 0.1) is 23.9 Å². The van der Waals surface area contributed by atoms with Crippen molar-refractivity contribution in [3.63, 3.8) is 0 Å². The van der Waals surface area contributed by atoms with Crippen molar-refractivity contribution >= 4 is 35.1 Å². The summed E-state index contributed by atoms with van der Waals surface area (Å²) in [6.45, 7) is 0.597. The Kier molecular flexibility index (Phi) is 5.62. The number of hydrogen-bond donors (Lipinski definition) is 2. The van der Waals surface area contributed by atoms with Crippen LogP contribution in [0.2, 0.25) is 5.02 Å². The molecule has 1 atom stereocenters. The number of aryl methyl sites for hydroxylation is 1. The first-order valence-corrected chi connectivity index (χ1v) is 11.5. The normalized spacial score (nSPS) is 21.8. The molecule has 2 aliphatic heterocycles. The third kappa shape index (κ3) is 3.88. The van der Waals surface area contributed by atoms with E-state index in [0.29, 0.717) is 36.8 Å². The van der Waals surface area contributed by atoms with Gasteiger partial charge in [-0.25, -0.2) is 4.79 Å². The number of carbonyl (C=O) groups excluding carboxylic acids is 3. The third-order valence-corrected chi connectivity index (χ3v) is 6.63. The number of ether oxygens (including phenoxy) is 2. The minimum absolute atomic E-state index is 0.277. The van der Waals surface area contributed by atoms with E-state index in [1.165, 1.54) is 0 Å². The number of nitrogens with zero attached hydrogens (tertiary/aromatic N) is 1. The van der Waals surface area contributed by atoms with Crippen LogP contribution < -0.4 is 20.1 Å². The van der Waals surface area contributed by atoms with E-state index in [4.69, 9.17) is 21.1 Å². The summed E-state index contributed by atoms with van der Waals surface area (Å²) in [5.74, 6) is 0.0605. The Morgan fingerprint density at radius 2 is 1.85 bits per heavy atom. The lowest BCUT2D eigenvalue weighted by atomic mass is 9.84. The maximum atomic E-state index is 13.5. The van der Waals surface area contributed by atoms with Gasteiger partial charge in [-0.2, -0.15) is 0 Å². The molecule has 2 heterocycles. The first-order valence-electron chi connectivity index (χ1n) is 11.1. The molecule has 4 amide bonds. The number of imide groups is 1. The van der Waals surface area contributed by atoms with Crippen LogP contribution in [0.3, 0.4) is 0 Å². The van der Waals surface area contributed by atoms with Crippen LogP contribution in [0, 0.1) is 0 Å². The molecule has 1 saturated heterocycles. The number of nitrogens with one attached hydrogen (secondary N) is 2. The van der Waals surface area contributed by atoms with Gasteiger partial charge >= 0.3 is 6.03 Å². The number of hydrogen-bond acceptors (Lipinski definition) is 5. The van der Waals surface area contributed by atoms with Crippen LogP contribution in [0.5, 0.6) is 11.5 Å². The fourth-order valence-electron chi connectivity index (χ4n) is 4.73. The number of fused-ring (bicyclic) bond motifs is 3. The number of rotatable bonds is 3. The second kappa shape index (κ2) is 8.59. The predicted octanol–water partition coefficient (Wildman–Crippen LogP) is 3.61. The van der Waals surface area contributed by atoms with E-state index in [2.05, 4.69) is 10.6 Å². The Hall–Kier alpha value is -3.26. The molecule has 0 saturated carbocycles. The van der Waals surface area contributed by atoms with Crippen LogP contribution in [0.1, 0.15) is 36.8 Å². The van der Waals surface area contributed by atoms with E-state index >= 15 is 0 Å². The van der Waals surface area contributed by atoms with E-state index < -0.39 is 29.9 Å². The first-order chi connectivity index (χ1) is 16.0. The molecule has 9 heteroatoms. The molecule has 1 spiro atoms. The maximum absolute atomic E-state index is 13.5. The van der Waals surface area contributed by atoms with Gasteiger partial charge in [0.15, 0.2) is 11.5 Å². The molecule has 1 aliphatic carbocycles. The van der Waals surface area contributed by atoms with Crippen molar-refractivity contribution in [1.29, 1.82) is 0 Å². The highest BCUT2D eigenvalue weighted by Gasteiger charge is 2.53. The highest BCUT2D eigenvalue weighted by atomic mass is 35.5. The zero-order chi connectivity index (χ0) is 23.0. The standard InChI is InChI=1S/C24H24ClN3O5/c25-17-12-19-20(33-11-5-10-32-19)13-18(17)26-21(29)14-28-22(30)24(27-23(28)31)9-4-3-7-15-6-1-2-8-16(15)24/h1-2,6,8,12-13H,3-5,7,9-11,14H2,(H,26,29)(H,27,31)/t24-/m1/s1. The van der Waals surface area contributed by atoms with Gasteiger partial charge in [0.25, 0.3) is 5.91 Å². The summed E-state index contributed by atoms with van der Waals surface area (Å²) in [7, 11) is 0. The molecule has 3 aliphatic rings. The van der Waals surface area contributed by atoms with Crippen molar-refractivity contribution in [2.24, 2.45) is 0 Å². The average Bonchev–Trinajstić information content (AvgIpc) is 3.00. The Morgan fingerprint density at radius 3 is 2.67 bits per heavy atom. The lowest BCUT2D eigenvalue weighted by molar-refractivity contribution is -0.134. The van der Waals surface area contributed by atoms with Gasteiger partial charge in [0, 0.05) is 18.6 Å². The lowest BCUT2D eigenvalue weighted by Gasteiger charge is -2.27. The highest BCUT2D eigenvalue weighted by molar-refractivity contribution is 6.34. The van der Waals surface area contributed by atoms with Crippen LogP contribution in [0.4, 0.5) is 10.5 Å². The fraction of sp³-hybridized carbons (Fsp3) is 0.375. The molecule has 0 bridgehead atoms. The summed E-state index contributed by atoms with van der Waals surface area (Å²) in [6, 6.07) is 10.3. The van der Waals surface area contributed by atoms with Gasteiger partial charge in [0.1, 0.15) is 12.1 Å². The van der Waals surface area contributed by atoms with E-state index in [0.717, 1.165) is 41.7 Å². The molecule has 1 fully saturated rings. The predicted molar refractivity (Wildman–Crippen MR) is 122 cm³/mol. The second-order valence-corrected chi connectivity index (χ2v) is 8.88. The Labute approximate surface area is 196 Å². The van der Waals surface area contributed by atoms with E-state index in [-0.39, 0.29) is 5.02 Å². The Morgan fingerprint density at radius 1 is 1.09 bits per heavy atom. The van der Waals surface area contributed by atoms with Crippen LogP contribution >= 0.6 is 11.6 Å². The summed E-state index contributed by atoms with van der Waals surface area (Å²) in [6.07, 6.45) is 3.83. The summed E-state index contributed by atoms with van der Waals surface area (Å²) in [5, 5.41) is 5.86. The maximum Gasteiger partial charge on any atom is 0.325 e. The summed E-state index contributed by atoms with van der Waals surface area (Å²) in [4.78, 5) is 40.1. The monoisotopic (exact) mass is 469 g/mol. The van der Waals surface area contributed by atoms with Crippen molar-refractivity contribution in [1.82, 2.24) is 10.2 Å². The number of benzene rings is 2. The molecule has 33 heavy (non-hydrogen) atoms. The second-order valence-electron chi connectivity index (χ2n) is 8.47. The van der Waals surface area contributed by atoms with Gasteiger partial charge < -0.3 is 20.1 Å². The molecule has 2 aromatic rings. The molecule has 8 nitrogen and oxygen atoms in total. The highest BCUT2D eigenvalue weighted by Crippen LogP contribution is 2.40. The van der Waals surface area contributed by atoms with Crippen molar-refractivity contribution in [2.45, 2.75) is 37.6 Å². The number of anilines is 1. The van der Waals surface area contributed by atoms with Gasteiger partial charge in [-0.1, -0.05) is 35.9 Å². The van der Waals surface area contributed by atoms with Crippen LogP contribution in [-0.4, -0.2) is 42.5 Å². The zero-order valence-electron chi connectivity index (χ0n) is 18.0. The quantitative estimate of drug-likeness (QED) is 0.669. The molecule has 172 valence electrons. The number of halogens is 1. The summed E-state index contributed by atoms with van der Waals surface area (Å²) >= 11 is 6.31. The Bertz CT molecular complexity index is 1140. The van der Waals surface area contributed by atoms with Gasteiger partial charge in [-0.05, 0) is 36.8 Å². The topological polar surface area (TPSA) is 97.0 Å². The molecule has 0 radical (unpaired) electrons. The van der Waals surface area contributed by atoms with E-state index in [9.17, 15) is 14.4 Å². The number of carbonyl (C=O) groups is 3. The fourth-order valence-corrected chi connectivity index (χ4v) is 4.93. The van der Waals surface area contributed by atoms with E-state index in [1.54, 1.807) is 12.1 Å². The zero-order valence-corrected chi connectivity index (χ0v) is 18.7. The minimum atomic E-state index is -1.13. The molecule has 0 aromatic heterocycles. The molecular weight excluding hydrogens is 446 g/mol. The lowest BCUT2D eigenvalue weighted by Crippen LogP contribution is -2.44. The number of amides is 4. The molecule has 2 aromatic carbocycles.